The fourth-order valence-electron chi connectivity index (χ4n) is 4.54. The van der Waals surface area contributed by atoms with Crippen molar-refractivity contribution in [3.8, 4) is 5.75 Å². The second kappa shape index (κ2) is 10.3. The van der Waals surface area contributed by atoms with Gasteiger partial charge in [0.1, 0.15) is 18.0 Å². The molecule has 1 N–H and O–H groups in total. The first kappa shape index (κ1) is 26.6. The predicted molar refractivity (Wildman–Crippen MR) is 132 cm³/mol. The van der Waals surface area contributed by atoms with E-state index in [0.717, 1.165) is 30.6 Å². The summed E-state index contributed by atoms with van der Waals surface area (Å²) in [5.41, 5.74) is 1.05. The Balaban J connectivity index is 1.93. The summed E-state index contributed by atoms with van der Waals surface area (Å²) >= 11 is 0. The first-order chi connectivity index (χ1) is 15.4. The number of aliphatic hydroxyl groups excluding tert-OH is 1. The number of hydrogen-bond donors (Lipinski definition) is 1. The van der Waals surface area contributed by atoms with E-state index in [9.17, 15) is 5.11 Å². The molecule has 1 aliphatic heterocycles. The molecule has 1 aliphatic carbocycles. The third-order valence-corrected chi connectivity index (χ3v) is 11.9. The molecular formula is C26H44O6Si. The van der Waals surface area contributed by atoms with Crippen LogP contribution in [0.3, 0.4) is 0 Å². The van der Waals surface area contributed by atoms with Crippen LogP contribution in [0.5, 0.6) is 5.75 Å². The fraction of sp³-hybridized carbons (Fsp3) is 0.769. The van der Waals surface area contributed by atoms with Gasteiger partial charge in [0.15, 0.2) is 14.1 Å². The Morgan fingerprint density at radius 3 is 2.30 bits per heavy atom. The first-order valence-corrected chi connectivity index (χ1v) is 15.2. The quantitative estimate of drug-likeness (QED) is 0.536. The molecule has 33 heavy (non-hydrogen) atoms. The largest absolute Gasteiger partial charge is 0.497 e. The summed E-state index contributed by atoms with van der Waals surface area (Å²) in [4.78, 5) is 0. The maximum Gasteiger partial charge on any atom is 0.192 e. The molecule has 6 nitrogen and oxygen atoms in total. The zero-order chi connectivity index (χ0) is 24.4. The van der Waals surface area contributed by atoms with E-state index in [1.165, 1.54) is 0 Å². The molecule has 1 aromatic rings. The van der Waals surface area contributed by atoms with Crippen LogP contribution in [0.2, 0.25) is 18.1 Å². The van der Waals surface area contributed by atoms with E-state index in [2.05, 4.69) is 33.9 Å². The lowest BCUT2D eigenvalue weighted by Crippen LogP contribution is -2.56. The smallest absolute Gasteiger partial charge is 0.192 e. The van der Waals surface area contributed by atoms with Crippen LogP contribution < -0.4 is 4.74 Å². The highest BCUT2D eigenvalue weighted by atomic mass is 28.4. The van der Waals surface area contributed by atoms with Gasteiger partial charge in [-0.05, 0) is 62.5 Å². The van der Waals surface area contributed by atoms with E-state index in [1.54, 1.807) is 7.11 Å². The molecule has 0 radical (unpaired) electrons. The molecule has 3 rings (SSSR count). The number of ether oxygens (including phenoxy) is 4. The van der Waals surface area contributed by atoms with E-state index in [1.807, 2.05) is 38.1 Å². The fourth-order valence-corrected chi connectivity index (χ4v) is 5.91. The standard InChI is InChI=1S/C26H44O6Si/c1-25(2,3)33(7,8)32-22-19(16-27)10-9-11-21-23(31-26(4,5)30-21)24(22)29-17-18-12-14-20(28-6)15-13-18/h12-15,19,21-24,27H,9-11,16-17H2,1-8H3/t19-,21-,22-,23-,24-/m0/s1. The van der Waals surface area contributed by atoms with Crippen molar-refractivity contribution < 1.29 is 28.5 Å². The maximum atomic E-state index is 10.4. The average Bonchev–Trinajstić information content (AvgIpc) is 3.03. The zero-order valence-corrected chi connectivity index (χ0v) is 22.7. The molecule has 2 fully saturated rings. The van der Waals surface area contributed by atoms with Crippen molar-refractivity contribution in [2.75, 3.05) is 13.7 Å². The molecule has 7 heteroatoms. The van der Waals surface area contributed by atoms with Crippen LogP contribution in [0.1, 0.15) is 59.4 Å². The van der Waals surface area contributed by atoms with Gasteiger partial charge in [0, 0.05) is 12.5 Å². The molecular weight excluding hydrogens is 436 g/mol. The van der Waals surface area contributed by atoms with Crippen molar-refractivity contribution in [2.45, 2.75) is 109 Å². The molecule has 1 heterocycles. The third-order valence-electron chi connectivity index (χ3n) is 7.47. The Morgan fingerprint density at radius 1 is 1.06 bits per heavy atom. The Kier molecular flexibility index (Phi) is 8.35. The van der Waals surface area contributed by atoms with E-state index in [-0.39, 0.29) is 42.0 Å². The topological polar surface area (TPSA) is 66.4 Å². The van der Waals surface area contributed by atoms with Gasteiger partial charge >= 0.3 is 0 Å². The number of aliphatic hydroxyl groups is 1. The molecule has 2 aliphatic rings. The van der Waals surface area contributed by atoms with Crippen LogP contribution >= 0.6 is 0 Å². The van der Waals surface area contributed by atoms with E-state index in [0.29, 0.717) is 6.61 Å². The van der Waals surface area contributed by atoms with Crippen molar-refractivity contribution in [1.82, 2.24) is 0 Å². The predicted octanol–water partition coefficient (Wildman–Crippen LogP) is 5.28. The molecule has 0 amide bonds. The molecule has 1 saturated carbocycles. The highest BCUT2D eigenvalue weighted by Crippen LogP contribution is 2.43. The Bertz CT molecular complexity index is 757. The highest BCUT2D eigenvalue weighted by molar-refractivity contribution is 6.74. The summed E-state index contributed by atoms with van der Waals surface area (Å²) < 4.78 is 31.6. The maximum absolute atomic E-state index is 10.4. The average molecular weight is 481 g/mol. The summed E-state index contributed by atoms with van der Waals surface area (Å²) in [6.45, 7) is 15.7. The normalized spacial score (nSPS) is 30.4. The van der Waals surface area contributed by atoms with Gasteiger partial charge in [0.25, 0.3) is 0 Å². The second-order valence-electron chi connectivity index (χ2n) is 11.5. The van der Waals surface area contributed by atoms with Crippen LogP contribution in [-0.4, -0.2) is 57.3 Å². The third kappa shape index (κ3) is 6.38. The molecule has 0 aromatic heterocycles. The highest BCUT2D eigenvalue weighted by Gasteiger charge is 2.52. The number of fused-ring (bicyclic) bond motifs is 1. The van der Waals surface area contributed by atoms with Gasteiger partial charge in [-0.2, -0.15) is 0 Å². The van der Waals surface area contributed by atoms with E-state index in [4.69, 9.17) is 23.4 Å². The molecule has 1 aromatic carbocycles. The van der Waals surface area contributed by atoms with Crippen LogP contribution in [0.15, 0.2) is 24.3 Å². The Hall–Kier alpha value is -0.963. The Labute approximate surface area is 201 Å². The van der Waals surface area contributed by atoms with E-state index < -0.39 is 14.1 Å². The second-order valence-corrected chi connectivity index (χ2v) is 16.2. The van der Waals surface area contributed by atoms with Gasteiger partial charge < -0.3 is 28.5 Å². The zero-order valence-electron chi connectivity index (χ0n) is 21.7. The molecule has 0 spiro atoms. The number of hydrogen-bond acceptors (Lipinski definition) is 6. The molecule has 0 unspecified atom stereocenters. The SMILES string of the molecule is COc1ccc(CO[C@@H]2[C@H]3OC(C)(C)O[C@H]3CCC[C@@H](CO)[C@@H]2O[Si](C)(C)C(C)(C)C)cc1. The minimum Gasteiger partial charge on any atom is -0.497 e. The lowest BCUT2D eigenvalue weighted by atomic mass is 9.84. The van der Waals surface area contributed by atoms with Crippen molar-refractivity contribution >= 4 is 8.32 Å². The summed E-state index contributed by atoms with van der Waals surface area (Å²) in [7, 11) is -0.472. The Morgan fingerprint density at radius 2 is 1.73 bits per heavy atom. The van der Waals surface area contributed by atoms with Crippen molar-refractivity contribution in [1.29, 1.82) is 0 Å². The van der Waals surface area contributed by atoms with Gasteiger partial charge in [-0.15, -0.1) is 0 Å². The molecule has 188 valence electrons. The van der Waals surface area contributed by atoms with Crippen molar-refractivity contribution in [3.63, 3.8) is 0 Å². The number of rotatable bonds is 7. The van der Waals surface area contributed by atoms with Crippen LogP contribution in [0.25, 0.3) is 0 Å². The van der Waals surface area contributed by atoms with Crippen LogP contribution in [-0.2, 0) is 25.2 Å². The van der Waals surface area contributed by atoms with Gasteiger partial charge in [-0.25, -0.2) is 0 Å². The molecule has 5 atom stereocenters. The van der Waals surface area contributed by atoms with Gasteiger partial charge in [0.05, 0.1) is 25.9 Å². The number of benzene rings is 1. The number of methoxy groups -OCH3 is 1. The van der Waals surface area contributed by atoms with Gasteiger partial charge in [-0.3, -0.25) is 0 Å². The van der Waals surface area contributed by atoms with Crippen molar-refractivity contribution in [3.05, 3.63) is 29.8 Å². The lowest BCUT2D eigenvalue weighted by molar-refractivity contribution is -0.176. The summed E-state index contributed by atoms with van der Waals surface area (Å²) in [6.07, 6.45) is 1.83. The van der Waals surface area contributed by atoms with Crippen LogP contribution in [0, 0.1) is 5.92 Å². The first-order valence-electron chi connectivity index (χ1n) is 12.3. The minimum absolute atomic E-state index is 0.00625. The van der Waals surface area contributed by atoms with Gasteiger partial charge in [0.2, 0.25) is 0 Å². The van der Waals surface area contributed by atoms with Crippen molar-refractivity contribution in [2.24, 2.45) is 5.92 Å². The molecule has 0 bridgehead atoms. The monoisotopic (exact) mass is 480 g/mol. The van der Waals surface area contributed by atoms with Crippen LogP contribution in [0.4, 0.5) is 0 Å². The summed E-state index contributed by atoms with van der Waals surface area (Å²) in [6, 6.07) is 7.92. The minimum atomic E-state index is -2.14. The van der Waals surface area contributed by atoms with Gasteiger partial charge in [-0.1, -0.05) is 39.3 Å². The molecule has 1 saturated heterocycles. The summed E-state index contributed by atoms with van der Waals surface area (Å²) in [5.74, 6) is 0.143. The summed E-state index contributed by atoms with van der Waals surface area (Å²) in [5, 5.41) is 10.4. The van der Waals surface area contributed by atoms with E-state index >= 15 is 0 Å². The lowest BCUT2D eigenvalue weighted by Gasteiger charge is -2.46.